The lowest BCUT2D eigenvalue weighted by atomic mass is 9.75. The van der Waals surface area contributed by atoms with Gasteiger partial charge in [-0.25, -0.2) is 9.18 Å². The summed E-state index contributed by atoms with van der Waals surface area (Å²) in [6.45, 7) is 12.3. The zero-order valence-corrected chi connectivity index (χ0v) is 21.5. The number of nitrogens with zero attached hydrogens (tertiary/aromatic N) is 2. The van der Waals surface area contributed by atoms with Crippen LogP contribution in [0.25, 0.3) is 0 Å². The maximum Gasteiger partial charge on any atom is 0.410 e. The van der Waals surface area contributed by atoms with Crippen LogP contribution in [0.3, 0.4) is 0 Å². The first-order valence-electron chi connectivity index (χ1n) is 12.8. The lowest BCUT2D eigenvalue weighted by Gasteiger charge is -2.47. The molecule has 34 heavy (non-hydrogen) atoms. The van der Waals surface area contributed by atoms with Gasteiger partial charge in [-0.3, -0.25) is 4.79 Å². The molecule has 1 aromatic carbocycles. The predicted molar refractivity (Wildman–Crippen MR) is 131 cm³/mol. The Balaban J connectivity index is 1.63. The SMILES string of the molecule is CCN(CC)C(=O)CCCCC1CC2(CCN(C(=O)OC(C)(C)C)CC2)Oc2ccc(F)cc21. The summed E-state index contributed by atoms with van der Waals surface area (Å²) in [5.74, 6) is 0.882. The van der Waals surface area contributed by atoms with Crippen LogP contribution in [0, 0.1) is 5.82 Å². The van der Waals surface area contributed by atoms with Gasteiger partial charge >= 0.3 is 6.09 Å². The Morgan fingerprint density at radius 2 is 1.85 bits per heavy atom. The zero-order valence-electron chi connectivity index (χ0n) is 21.5. The van der Waals surface area contributed by atoms with Crippen molar-refractivity contribution in [3.63, 3.8) is 0 Å². The monoisotopic (exact) mass is 476 g/mol. The summed E-state index contributed by atoms with van der Waals surface area (Å²) in [4.78, 5) is 28.4. The quantitative estimate of drug-likeness (QED) is 0.461. The first-order chi connectivity index (χ1) is 16.1. The number of hydrogen-bond acceptors (Lipinski definition) is 4. The summed E-state index contributed by atoms with van der Waals surface area (Å²) >= 11 is 0. The molecule has 1 spiro atoms. The van der Waals surface area contributed by atoms with E-state index in [2.05, 4.69) is 0 Å². The Morgan fingerprint density at radius 1 is 1.18 bits per heavy atom. The highest BCUT2D eigenvalue weighted by molar-refractivity contribution is 5.76. The molecule has 1 aromatic rings. The molecule has 2 aliphatic rings. The first-order valence-corrected chi connectivity index (χ1v) is 12.8. The second-order valence-electron chi connectivity index (χ2n) is 10.6. The van der Waals surface area contributed by atoms with Gasteiger partial charge in [-0.05, 0) is 78.0 Å². The molecule has 6 nitrogen and oxygen atoms in total. The number of carbonyl (C=O) groups excluding carboxylic acids is 2. The number of likely N-dealkylation sites (tertiary alicyclic amines) is 1. The number of fused-ring (bicyclic) bond motifs is 1. The molecule has 0 N–H and O–H groups in total. The Labute approximate surface area is 203 Å². The van der Waals surface area contributed by atoms with Gasteiger partial charge in [0.15, 0.2) is 0 Å². The van der Waals surface area contributed by atoms with E-state index >= 15 is 0 Å². The van der Waals surface area contributed by atoms with Crippen LogP contribution in [0.2, 0.25) is 0 Å². The highest BCUT2D eigenvalue weighted by Crippen LogP contribution is 2.47. The fraction of sp³-hybridized carbons (Fsp3) is 0.704. The molecule has 0 aliphatic carbocycles. The van der Waals surface area contributed by atoms with Crippen molar-refractivity contribution in [2.45, 2.75) is 96.7 Å². The maximum absolute atomic E-state index is 14.1. The van der Waals surface area contributed by atoms with Gasteiger partial charge in [0, 0.05) is 51.0 Å². The van der Waals surface area contributed by atoms with Crippen molar-refractivity contribution in [3.8, 4) is 5.75 Å². The minimum Gasteiger partial charge on any atom is -0.487 e. The fourth-order valence-corrected chi connectivity index (χ4v) is 5.15. The van der Waals surface area contributed by atoms with Crippen LogP contribution in [-0.4, -0.2) is 59.2 Å². The standard InChI is InChI=1S/C27H41FN2O4/c1-6-29(7-2)24(31)11-9-8-10-20-19-27(33-23-13-12-21(28)18-22(20)23)14-16-30(17-15-27)25(32)34-26(3,4)5/h12-13,18,20H,6-11,14-17,19H2,1-5H3. The topological polar surface area (TPSA) is 59.1 Å². The van der Waals surface area contributed by atoms with Crippen molar-refractivity contribution in [2.24, 2.45) is 0 Å². The summed E-state index contributed by atoms with van der Waals surface area (Å²) in [5, 5.41) is 0. The van der Waals surface area contributed by atoms with E-state index < -0.39 is 5.60 Å². The van der Waals surface area contributed by atoms with Crippen molar-refractivity contribution in [2.75, 3.05) is 26.2 Å². The number of amides is 2. The van der Waals surface area contributed by atoms with Crippen molar-refractivity contribution in [1.82, 2.24) is 9.80 Å². The molecule has 3 rings (SSSR count). The van der Waals surface area contributed by atoms with Crippen molar-refractivity contribution in [1.29, 1.82) is 0 Å². The van der Waals surface area contributed by atoms with E-state index in [9.17, 15) is 14.0 Å². The summed E-state index contributed by atoms with van der Waals surface area (Å²) in [7, 11) is 0. The molecule has 1 fully saturated rings. The minimum atomic E-state index is -0.520. The maximum atomic E-state index is 14.1. The van der Waals surface area contributed by atoms with Crippen LogP contribution in [0.5, 0.6) is 5.75 Å². The average Bonchev–Trinajstić information content (AvgIpc) is 2.77. The van der Waals surface area contributed by atoms with Crippen LogP contribution in [0.4, 0.5) is 9.18 Å². The molecular formula is C27H41FN2O4. The van der Waals surface area contributed by atoms with E-state index in [1.165, 1.54) is 6.07 Å². The number of ether oxygens (including phenoxy) is 2. The summed E-state index contributed by atoms with van der Waals surface area (Å²) in [5.41, 5.74) is 0.0506. The second-order valence-corrected chi connectivity index (χ2v) is 10.6. The lowest BCUT2D eigenvalue weighted by Crippen LogP contribution is -2.52. The molecule has 190 valence electrons. The van der Waals surface area contributed by atoms with Gasteiger partial charge < -0.3 is 19.3 Å². The van der Waals surface area contributed by atoms with E-state index in [0.717, 1.165) is 62.9 Å². The number of rotatable bonds is 7. The van der Waals surface area contributed by atoms with Gasteiger partial charge in [0.1, 0.15) is 22.8 Å². The zero-order chi connectivity index (χ0) is 24.9. The molecule has 1 unspecified atom stereocenters. The number of piperidine rings is 1. The van der Waals surface area contributed by atoms with Gasteiger partial charge in [-0.15, -0.1) is 0 Å². The third-order valence-corrected chi connectivity index (χ3v) is 6.99. The van der Waals surface area contributed by atoms with Crippen molar-refractivity contribution in [3.05, 3.63) is 29.6 Å². The van der Waals surface area contributed by atoms with Crippen LogP contribution in [-0.2, 0) is 9.53 Å². The normalized spacial score (nSPS) is 19.4. The van der Waals surface area contributed by atoms with Crippen LogP contribution in [0.15, 0.2) is 18.2 Å². The number of hydrogen-bond donors (Lipinski definition) is 0. The Bertz CT molecular complexity index is 855. The van der Waals surface area contributed by atoms with E-state index in [1.807, 2.05) is 39.5 Å². The van der Waals surface area contributed by atoms with E-state index in [-0.39, 0.29) is 29.3 Å². The van der Waals surface area contributed by atoms with Crippen LogP contribution >= 0.6 is 0 Å². The van der Waals surface area contributed by atoms with E-state index in [1.54, 1.807) is 17.0 Å². The molecule has 0 bridgehead atoms. The van der Waals surface area contributed by atoms with Gasteiger partial charge in [0.25, 0.3) is 0 Å². The van der Waals surface area contributed by atoms with Crippen LogP contribution < -0.4 is 4.74 Å². The second kappa shape index (κ2) is 11.0. The molecule has 2 heterocycles. The van der Waals surface area contributed by atoms with Gasteiger partial charge in [-0.2, -0.15) is 0 Å². The Hall–Kier alpha value is -2.31. The van der Waals surface area contributed by atoms with Crippen molar-refractivity contribution < 1.29 is 23.5 Å². The summed E-state index contributed by atoms with van der Waals surface area (Å²) < 4.78 is 26.1. The van der Waals surface area contributed by atoms with Gasteiger partial charge in [0.2, 0.25) is 5.91 Å². The van der Waals surface area contributed by atoms with Crippen molar-refractivity contribution >= 4 is 12.0 Å². The fourth-order valence-electron chi connectivity index (χ4n) is 5.15. The molecule has 7 heteroatoms. The molecule has 2 aliphatic heterocycles. The number of halogens is 1. The van der Waals surface area contributed by atoms with Crippen LogP contribution in [0.1, 0.15) is 91.0 Å². The molecule has 0 saturated carbocycles. The van der Waals surface area contributed by atoms with Gasteiger partial charge in [-0.1, -0.05) is 6.42 Å². The molecule has 0 radical (unpaired) electrons. The van der Waals surface area contributed by atoms with E-state index in [0.29, 0.717) is 19.5 Å². The molecule has 1 atom stereocenters. The smallest absolute Gasteiger partial charge is 0.410 e. The Kier molecular flexibility index (Phi) is 8.47. The van der Waals surface area contributed by atoms with Gasteiger partial charge in [0.05, 0.1) is 0 Å². The predicted octanol–water partition coefficient (Wildman–Crippen LogP) is 5.89. The third kappa shape index (κ3) is 6.63. The first kappa shape index (κ1) is 26.3. The third-order valence-electron chi connectivity index (χ3n) is 6.99. The largest absolute Gasteiger partial charge is 0.487 e. The molecule has 0 aromatic heterocycles. The number of unbranched alkanes of at least 4 members (excludes halogenated alkanes) is 1. The summed E-state index contributed by atoms with van der Waals surface area (Å²) in [6.07, 6.45) is 5.15. The average molecular weight is 477 g/mol. The minimum absolute atomic E-state index is 0.177. The summed E-state index contributed by atoms with van der Waals surface area (Å²) in [6, 6.07) is 4.79. The Morgan fingerprint density at radius 3 is 2.47 bits per heavy atom. The lowest BCUT2D eigenvalue weighted by molar-refractivity contribution is -0.130. The van der Waals surface area contributed by atoms with E-state index in [4.69, 9.17) is 9.47 Å². The highest BCUT2D eigenvalue weighted by Gasteiger charge is 2.44. The number of carbonyl (C=O) groups is 2. The molecule has 1 saturated heterocycles. The molecule has 2 amide bonds. The molecular weight excluding hydrogens is 435 g/mol. The number of benzene rings is 1. The highest BCUT2D eigenvalue weighted by atomic mass is 19.1.